The minimum absolute atomic E-state index is 0.229. The largest absolute Gasteiger partial charge is 0.398 e. The number of nitrogens with two attached hydrogens (primary N) is 1. The van der Waals surface area contributed by atoms with E-state index < -0.39 is 0 Å². The summed E-state index contributed by atoms with van der Waals surface area (Å²) in [5.41, 5.74) is 7.40. The van der Waals surface area contributed by atoms with E-state index in [2.05, 4.69) is 20.5 Å². The van der Waals surface area contributed by atoms with Crippen LogP contribution in [-0.2, 0) is 13.5 Å². The van der Waals surface area contributed by atoms with Gasteiger partial charge in [0, 0.05) is 37.6 Å². The molecule has 0 spiro atoms. The standard InChI is InChI=1S/C12H16N6O/c1-8-5-10(13)9(6-15-8)12(19)14-4-3-11-17-16-7-18(11)2/h5-7H,3-4H2,1-2H3,(H2,13,15)(H,14,19). The number of amides is 1. The lowest BCUT2D eigenvalue weighted by molar-refractivity contribution is 0.0954. The highest BCUT2D eigenvalue weighted by atomic mass is 16.1. The molecule has 0 aliphatic rings. The van der Waals surface area contributed by atoms with E-state index in [0.717, 1.165) is 11.5 Å². The zero-order valence-electron chi connectivity index (χ0n) is 10.9. The fourth-order valence-electron chi connectivity index (χ4n) is 1.69. The van der Waals surface area contributed by atoms with Crippen LogP contribution in [0, 0.1) is 6.92 Å². The summed E-state index contributed by atoms with van der Waals surface area (Å²) >= 11 is 0. The third kappa shape index (κ3) is 3.06. The van der Waals surface area contributed by atoms with Crippen LogP contribution in [0.1, 0.15) is 21.9 Å². The van der Waals surface area contributed by atoms with Crippen molar-refractivity contribution in [3.63, 3.8) is 0 Å². The molecule has 2 aromatic heterocycles. The molecule has 0 unspecified atom stereocenters. The van der Waals surface area contributed by atoms with Crippen molar-refractivity contribution >= 4 is 11.6 Å². The van der Waals surface area contributed by atoms with Crippen LogP contribution in [0.2, 0.25) is 0 Å². The van der Waals surface area contributed by atoms with Gasteiger partial charge in [-0.05, 0) is 13.0 Å². The van der Waals surface area contributed by atoms with Gasteiger partial charge in [0.25, 0.3) is 5.91 Å². The Hall–Kier alpha value is -2.44. The lowest BCUT2D eigenvalue weighted by Crippen LogP contribution is -2.27. The molecule has 0 aliphatic carbocycles. The second-order valence-electron chi connectivity index (χ2n) is 4.28. The van der Waals surface area contributed by atoms with Gasteiger partial charge in [-0.1, -0.05) is 0 Å². The first-order valence-electron chi connectivity index (χ1n) is 5.91. The minimum Gasteiger partial charge on any atom is -0.398 e. The molecule has 0 aromatic carbocycles. The molecule has 0 aliphatic heterocycles. The maximum atomic E-state index is 11.9. The highest BCUT2D eigenvalue weighted by Crippen LogP contribution is 2.10. The summed E-state index contributed by atoms with van der Waals surface area (Å²) in [7, 11) is 1.86. The molecule has 3 N–H and O–H groups in total. The molecule has 100 valence electrons. The van der Waals surface area contributed by atoms with Gasteiger partial charge < -0.3 is 15.6 Å². The number of nitrogens with zero attached hydrogens (tertiary/aromatic N) is 4. The summed E-state index contributed by atoms with van der Waals surface area (Å²) in [5.74, 6) is 0.586. The molecule has 2 rings (SSSR count). The first kappa shape index (κ1) is 13.0. The van der Waals surface area contributed by atoms with Crippen molar-refractivity contribution in [1.82, 2.24) is 25.1 Å². The van der Waals surface area contributed by atoms with Crippen LogP contribution in [0.15, 0.2) is 18.6 Å². The Balaban J connectivity index is 1.93. The molecule has 0 radical (unpaired) electrons. The van der Waals surface area contributed by atoms with Crippen molar-refractivity contribution < 1.29 is 4.79 Å². The van der Waals surface area contributed by atoms with E-state index in [1.165, 1.54) is 6.20 Å². The minimum atomic E-state index is -0.229. The van der Waals surface area contributed by atoms with Gasteiger partial charge in [0.15, 0.2) is 0 Å². The average molecular weight is 260 g/mol. The number of nitrogen functional groups attached to an aromatic ring is 1. The van der Waals surface area contributed by atoms with E-state index in [-0.39, 0.29) is 5.91 Å². The highest BCUT2D eigenvalue weighted by molar-refractivity contribution is 5.98. The van der Waals surface area contributed by atoms with Crippen LogP contribution in [0.25, 0.3) is 0 Å². The molecule has 19 heavy (non-hydrogen) atoms. The Labute approximate surface area is 110 Å². The van der Waals surface area contributed by atoms with Gasteiger partial charge in [-0.25, -0.2) is 0 Å². The number of anilines is 1. The van der Waals surface area contributed by atoms with Gasteiger partial charge in [-0.2, -0.15) is 0 Å². The molecule has 0 saturated carbocycles. The normalized spacial score (nSPS) is 10.4. The predicted octanol–water partition coefficient (Wildman–Crippen LogP) is 0.0732. The molecule has 0 atom stereocenters. The second kappa shape index (κ2) is 5.47. The topological polar surface area (TPSA) is 98.7 Å². The van der Waals surface area contributed by atoms with Crippen molar-refractivity contribution in [2.75, 3.05) is 12.3 Å². The van der Waals surface area contributed by atoms with E-state index in [4.69, 9.17) is 5.73 Å². The van der Waals surface area contributed by atoms with Crippen molar-refractivity contribution in [3.8, 4) is 0 Å². The number of carbonyl (C=O) groups excluding carboxylic acids is 1. The molecule has 2 heterocycles. The van der Waals surface area contributed by atoms with E-state index in [1.807, 2.05) is 18.5 Å². The van der Waals surface area contributed by atoms with Crippen LogP contribution in [0.5, 0.6) is 0 Å². The van der Waals surface area contributed by atoms with Gasteiger partial charge in [0.1, 0.15) is 12.2 Å². The van der Waals surface area contributed by atoms with Crippen molar-refractivity contribution in [1.29, 1.82) is 0 Å². The highest BCUT2D eigenvalue weighted by Gasteiger charge is 2.10. The SMILES string of the molecule is Cc1cc(N)c(C(=O)NCCc2nncn2C)cn1. The summed E-state index contributed by atoms with van der Waals surface area (Å²) < 4.78 is 1.81. The fourth-order valence-corrected chi connectivity index (χ4v) is 1.69. The number of nitrogens with one attached hydrogen (secondary N) is 1. The Kier molecular flexibility index (Phi) is 3.74. The van der Waals surface area contributed by atoms with Crippen LogP contribution >= 0.6 is 0 Å². The molecule has 7 nitrogen and oxygen atoms in total. The van der Waals surface area contributed by atoms with Crippen LogP contribution in [-0.4, -0.2) is 32.2 Å². The van der Waals surface area contributed by atoms with Gasteiger partial charge in [-0.3, -0.25) is 9.78 Å². The van der Waals surface area contributed by atoms with Crippen molar-refractivity contribution in [2.45, 2.75) is 13.3 Å². The lowest BCUT2D eigenvalue weighted by Gasteiger charge is -2.07. The summed E-state index contributed by atoms with van der Waals surface area (Å²) in [6.07, 6.45) is 3.72. The number of carbonyl (C=O) groups is 1. The zero-order valence-corrected chi connectivity index (χ0v) is 10.9. The quantitative estimate of drug-likeness (QED) is 0.810. The van der Waals surface area contributed by atoms with Gasteiger partial charge in [-0.15, -0.1) is 10.2 Å². The Morgan fingerprint density at radius 2 is 2.32 bits per heavy atom. The third-order valence-electron chi connectivity index (χ3n) is 2.76. The molecular weight excluding hydrogens is 244 g/mol. The Bertz CT molecular complexity index is 592. The molecule has 0 fully saturated rings. The smallest absolute Gasteiger partial charge is 0.254 e. The molecule has 1 amide bonds. The molecular formula is C12H16N6O. The zero-order chi connectivity index (χ0) is 13.8. The van der Waals surface area contributed by atoms with E-state index >= 15 is 0 Å². The summed E-state index contributed by atoms with van der Waals surface area (Å²) in [6.45, 7) is 2.30. The number of hydrogen-bond donors (Lipinski definition) is 2. The van der Waals surface area contributed by atoms with Gasteiger partial charge in [0.2, 0.25) is 0 Å². The van der Waals surface area contributed by atoms with Crippen LogP contribution in [0.4, 0.5) is 5.69 Å². The first-order valence-corrected chi connectivity index (χ1v) is 5.91. The predicted molar refractivity (Wildman–Crippen MR) is 70.4 cm³/mol. The molecule has 7 heteroatoms. The molecule has 0 saturated heterocycles. The second-order valence-corrected chi connectivity index (χ2v) is 4.28. The maximum Gasteiger partial charge on any atom is 0.254 e. The van der Waals surface area contributed by atoms with E-state index in [0.29, 0.717) is 24.2 Å². The lowest BCUT2D eigenvalue weighted by atomic mass is 10.2. The summed E-state index contributed by atoms with van der Waals surface area (Å²) in [6, 6.07) is 1.68. The number of hydrogen-bond acceptors (Lipinski definition) is 5. The summed E-state index contributed by atoms with van der Waals surface area (Å²) in [4.78, 5) is 16.0. The number of aromatic nitrogens is 4. The van der Waals surface area contributed by atoms with Crippen LogP contribution < -0.4 is 11.1 Å². The Morgan fingerprint density at radius 1 is 1.53 bits per heavy atom. The van der Waals surface area contributed by atoms with E-state index in [1.54, 1.807) is 12.4 Å². The van der Waals surface area contributed by atoms with Crippen LogP contribution in [0.3, 0.4) is 0 Å². The number of aryl methyl sites for hydroxylation is 2. The average Bonchev–Trinajstić information content (AvgIpc) is 2.75. The number of rotatable bonds is 4. The number of pyridine rings is 1. The molecule has 2 aromatic rings. The summed E-state index contributed by atoms with van der Waals surface area (Å²) in [5, 5.41) is 10.5. The molecule has 0 bridgehead atoms. The van der Waals surface area contributed by atoms with Crippen molar-refractivity contribution in [2.24, 2.45) is 7.05 Å². The monoisotopic (exact) mass is 260 g/mol. The van der Waals surface area contributed by atoms with Gasteiger partial charge in [0.05, 0.1) is 5.56 Å². The third-order valence-corrected chi connectivity index (χ3v) is 2.76. The van der Waals surface area contributed by atoms with Crippen molar-refractivity contribution in [3.05, 3.63) is 35.7 Å². The first-order chi connectivity index (χ1) is 9.08. The fraction of sp³-hybridized carbons (Fsp3) is 0.333. The maximum absolute atomic E-state index is 11.9. The van der Waals surface area contributed by atoms with E-state index in [9.17, 15) is 4.79 Å². The Morgan fingerprint density at radius 3 is 2.95 bits per heavy atom. The van der Waals surface area contributed by atoms with Gasteiger partial charge >= 0.3 is 0 Å².